The van der Waals surface area contributed by atoms with Crippen LogP contribution in [0.4, 0.5) is 0 Å². The highest BCUT2D eigenvalue weighted by Gasteiger charge is 2.25. The highest BCUT2D eigenvalue weighted by molar-refractivity contribution is 4.74. The van der Waals surface area contributed by atoms with Crippen LogP contribution in [-0.2, 0) is 0 Å². The molecule has 2 N–H and O–H groups in total. The van der Waals surface area contributed by atoms with E-state index in [-0.39, 0.29) is 0 Å². The lowest BCUT2D eigenvalue weighted by Crippen LogP contribution is -2.27. The third kappa shape index (κ3) is 7.77. The molecule has 0 aliphatic carbocycles. The van der Waals surface area contributed by atoms with Crippen molar-refractivity contribution < 1.29 is 10.2 Å². The van der Waals surface area contributed by atoms with Crippen molar-refractivity contribution in [3.63, 3.8) is 0 Å². The molecule has 0 fully saturated rings. The lowest BCUT2D eigenvalue weighted by molar-refractivity contribution is 0.00312. The fourth-order valence-corrected chi connectivity index (χ4v) is 1.84. The van der Waals surface area contributed by atoms with Gasteiger partial charge in [-0.15, -0.1) is 0 Å². The van der Waals surface area contributed by atoms with Crippen molar-refractivity contribution in [3.8, 4) is 0 Å². The first-order chi connectivity index (χ1) is 7.04. The van der Waals surface area contributed by atoms with E-state index in [9.17, 15) is 10.2 Å². The van der Waals surface area contributed by atoms with Crippen LogP contribution < -0.4 is 0 Å². The highest BCUT2D eigenvalue weighted by Crippen LogP contribution is 2.23. The van der Waals surface area contributed by atoms with Crippen LogP contribution in [0.3, 0.4) is 0 Å². The molecule has 0 aliphatic heterocycles. The maximum atomic E-state index is 9.91. The lowest BCUT2D eigenvalue weighted by atomic mass is 10.0. The average Bonchev–Trinajstić information content (AvgIpc) is 1.96. The number of azo groups is 1. The van der Waals surface area contributed by atoms with Gasteiger partial charge in [-0.1, -0.05) is 27.7 Å². The maximum Gasteiger partial charge on any atom is 0.173 e. The first-order valence-electron chi connectivity index (χ1n) is 5.93. The molecular formula is C12H26N2O2. The summed E-state index contributed by atoms with van der Waals surface area (Å²) in [5, 5.41) is 27.5. The number of aliphatic hydroxyl groups is 2. The zero-order chi connectivity index (χ0) is 13.0. The molecule has 0 aromatic carbocycles. The van der Waals surface area contributed by atoms with Crippen LogP contribution in [0.1, 0.15) is 54.4 Å². The van der Waals surface area contributed by atoms with Gasteiger partial charge in [0.25, 0.3) is 0 Å². The Morgan fingerprint density at radius 3 is 1.25 bits per heavy atom. The van der Waals surface area contributed by atoms with Gasteiger partial charge < -0.3 is 10.2 Å². The molecule has 96 valence electrons. The Morgan fingerprint density at radius 2 is 1.06 bits per heavy atom. The zero-order valence-corrected chi connectivity index (χ0v) is 11.4. The Balaban J connectivity index is 4.45. The molecule has 16 heavy (non-hydrogen) atoms. The van der Waals surface area contributed by atoms with Crippen LogP contribution in [0.15, 0.2) is 10.2 Å². The molecule has 0 rings (SSSR count). The molecule has 2 unspecified atom stereocenters. The van der Waals surface area contributed by atoms with Crippen LogP contribution in [0, 0.1) is 11.8 Å². The van der Waals surface area contributed by atoms with Gasteiger partial charge in [0.05, 0.1) is 0 Å². The van der Waals surface area contributed by atoms with Crippen molar-refractivity contribution in [2.24, 2.45) is 22.1 Å². The van der Waals surface area contributed by atoms with Crippen LogP contribution >= 0.6 is 0 Å². The third-order valence-electron chi connectivity index (χ3n) is 2.07. The van der Waals surface area contributed by atoms with Crippen molar-refractivity contribution in [3.05, 3.63) is 0 Å². The molecule has 4 heteroatoms. The predicted octanol–water partition coefficient (Wildman–Crippen LogP) is 2.95. The molecule has 4 nitrogen and oxygen atoms in total. The van der Waals surface area contributed by atoms with Crippen molar-refractivity contribution >= 4 is 0 Å². The molecule has 2 atom stereocenters. The lowest BCUT2D eigenvalue weighted by Gasteiger charge is -2.23. The van der Waals surface area contributed by atoms with E-state index in [1.807, 2.05) is 27.7 Å². The Bertz CT molecular complexity index is 209. The van der Waals surface area contributed by atoms with Gasteiger partial charge in [-0.2, -0.15) is 10.2 Å². The summed E-state index contributed by atoms with van der Waals surface area (Å²) in [6.07, 6.45) is 1.07. The molecule has 0 amide bonds. The molecule has 0 spiro atoms. The Kier molecular flexibility index (Phi) is 5.56. The second-order valence-corrected chi connectivity index (χ2v) is 5.83. The molecule has 0 aromatic heterocycles. The summed E-state index contributed by atoms with van der Waals surface area (Å²) in [4.78, 5) is 0. The van der Waals surface area contributed by atoms with Gasteiger partial charge >= 0.3 is 0 Å². The van der Waals surface area contributed by atoms with E-state index in [1.54, 1.807) is 13.8 Å². The van der Waals surface area contributed by atoms with E-state index in [4.69, 9.17) is 0 Å². The van der Waals surface area contributed by atoms with Crippen LogP contribution in [0.2, 0.25) is 0 Å². The number of rotatable bonds is 6. The van der Waals surface area contributed by atoms with E-state index >= 15 is 0 Å². The Morgan fingerprint density at radius 1 is 0.812 bits per heavy atom. The van der Waals surface area contributed by atoms with Gasteiger partial charge in [0.1, 0.15) is 0 Å². The largest absolute Gasteiger partial charge is 0.368 e. The summed E-state index contributed by atoms with van der Waals surface area (Å²) in [5.41, 5.74) is -2.37. The quantitative estimate of drug-likeness (QED) is 0.689. The normalized spacial score (nSPS) is 20.4. The Labute approximate surface area is 98.8 Å². The number of hydrogen-bond acceptors (Lipinski definition) is 4. The van der Waals surface area contributed by atoms with Gasteiger partial charge in [-0.3, -0.25) is 0 Å². The minimum Gasteiger partial charge on any atom is -0.368 e. The number of nitrogens with zero attached hydrogens (tertiary/aromatic N) is 2. The fraction of sp³-hybridized carbons (Fsp3) is 1.00. The van der Waals surface area contributed by atoms with Gasteiger partial charge in [0.2, 0.25) is 0 Å². The molecule has 0 bridgehead atoms. The van der Waals surface area contributed by atoms with Crippen LogP contribution in [-0.4, -0.2) is 21.7 Å². The Hall–Kier alpha value is -0.480. The first-order valence-corrected chi connectivity index (χ1v) is 5.93. The smallest absolute Gasteiger partial charge is 0.173 e. The summed E-state index contributed by atoms with van der Waals surface area (Å²) < 4.78 is 0. The standard InChI is InChI=1S/C12H26N2O2/c1-9(2)7-11(5,15)13-14-12(6,16)8-10(3)4/h9-10,15-16H,7-8H2,1-6H3. The van der Waals surface area contributed by atoms with Crippen molar-refractivity contribution in [1.29, 1.82) is 0 Å². The van der Waals surface area contributed by atoms with Gasteiger partial charge in [0, 0.05) is 12.8 Å². The van der Waals surface area contributed by atoms with E-state index in [0.29, 0.717) is 24.7 Å². The van der Waals surface area contributed by atoms with Crippen LogP contribution in [0.25, 0.3) is 0 Å². The van der Waals surface area contributed by atoms with Crippen molar-refractivity contribution in [1.82, 2.24) is 0 Å². The van der Waals surface area contributed by atoms with E-state index in [0.717, 1.165) is 0 Å². The topological polar surface area (TPSA) is 65.2 Å². The monoisotopic (exact) mass is 230 g/mol. The summed E-state index contributed by atoms with van der Waals surface area (Å²) in [6, 6.07) is 0. The van der Waals surface area contributed by atoms with Crippen molar-refractivity contribution in [2.45, 2.75) is 65.8 Å². The van der Waals surface area contributed by atoms with E-state index < -0.39 is 11.4 Å². The number of hydrogen-bond donors (Lipinski definition) is 2. The average molecular weight is 230 g/mol. The summed E-state index contributed by atoms with van der Waals surface area (Å²) in [6.45, 7) is 11.3. The summed E-state index contributed by atoms with van der Waals surface area (Å²) >= 11 is 0. The molecule has 0 aliphatic rings. The van der Waals surface area contributed by atoms with E-state index in [1.165, 1.54) is 0 Å². The molecule has 0 aromatic rings. The van der Waals surface area contributed by atoms with Crippen LogP contribution in [0.5, 0.6) is 0 Å². The fourth-order valence-electron chi connectivity index (χ4n) is 1.84. The maximum absolute atomic E-state index is 9.91. The molecule has 0 heterocycles. The minimum atomic E-state index is -1.19. The first kappa shape index (κ1) is 15.5. The molecule has 0 radical (unpaired) electrons. The van der Waals surface area contributed by atoms with Gasteiger partial charge in [0.15, 0.2) is 11.4 Å². The predicted molar refractivity (Wildman–Crippen MR) is 65.0 cm³/mol. The van der Waals surface area contributed by atoms with Crippen molar-refractivity contribution in [2.75, 3.05) is 0 Å². The highest BCUT2D eigenvalue weighted by atomic mass is 16.3. The molecule has 0 saturated heterocycles. The second-order valence-electron chi connectivity index (χ2n) is 5.83. The molecule has 0 saturated carbocycles. The van der Waals surface area contributed by atoms with Gasteiger partial charge in [-0.25, -0.2) is 0 Å². The van der Waals surface area contributed by atoms with Gasteiger partial charge in [-0.05, 0) is 25.7 Å². The second kappa shape index (κ2) is 5.73. The minimum absolute atomic E-state index is 0.337. The SMILES string of the molecule is CC(C)CC(C)(O)N=NC(C)(O)CC(C)C. The zero-order valence-electron chi connectivity index (χ0n) is 11.4. The molecular weight excluding hydrogens is 204 g/mol. The summed E-state index contributed by atoms with van der Waals surface area (Å²) in [5.74, 6) is 0.674. The third-order valence-corrected chi connectivity index (χ3v) is 2.07. The van der Waals surface area contributed by atoms with E-state index in [2.05, 4.69) is 10.2 Å². The summed E-state index contributed by atoms with van der Waals surface area (Å²) in [7, 11) is 0.